The SMILES string of the molecule is CN1Cc2ccc3cc(Br)ccc3c2C1. The van der Waals surface area contributed by atoms with Crippen molar-refractivity contribution in [2.24, 2.45) is 0 Å². The number of hydrogen-bond donors (Lipinski definition) is 0. The summed E-state index contributed by atoms with van der Waals surface area (Å²) in [5.74, 6) is 0. The second-order valence-electron chi connectivity index (χ2n) is 4.24. The molecule has 76 valence electrons. The van der Waals surface area contributed by atoms with E-state index in [-0.39, 0.29) is 0 Å². The molecule has 1 heterocycles. The summed E-state index contributed by atoms with van der Waals surface area (Å²) in [7, 11) is 2.17. The van der Waals surface area contributed by atoms with Gasteiger partial charge >= 0.3 is 0 Å². The van der Waals surface area contributed by atoms with Crippen molar-refractivity contribution in [3.8, 4) is 0 Å². The molecule has 0 saturated carbocycles. The van der Waals surface area contributed by atoms with E-state index in [1.165, 1.54) is 21.9 Å². The molecule has 1 aliphatic rings. The first kappa shape index (κ1) is 9.37. The zero-order valence-corrected chi connectivity index (χ0v) is 10.2. The van der Waals surface area contributed by atoms with Gasteiger partial charge in [-0.15, -0.1) is 0 Å². The van der Waals surface area contributed by atoms with Crippen molar-refractivity contribution in [1.29, 1.82) is 0 Å². The highest BCUT2D eigenvalue weighted by Gasteiger charge is 2.17. The molecule has 0 aliphatic carbocycles. The number of rotatable bonds is 0. The third kappa shape index (κ3) is 1.48. The molecule has 0 fully saturated rings. The van der Waals surface area contributed by atoms with Crippen LogP contribution in [0.3, 0.4) is 0 Å². The predicted molar refractivity (Wildman–Crippen MR) is 66.8 cm³/mol. The van der Waals surface area contributed by atoms with Crippen molar-refractivity contribution >= 4 is 26.7 Å². The van der Waals surface area contributed by atoms with Gasteiger partial charge in [-0.25, -0.2) is 0 Å². The van der Waals surface area contributed by atoms with E-state index in [4.69, 9.17) is 0 Å². The Kier molecular flexibility index (Phi) is 2.08. The molecule has 3 rings (SSSR count). The van der Waals surface area contributed by atoms with E-state index < -0.39 is 0 Å². The molecule has 2 aromatic carbocycles. The fourth-order valence-corrected chi connectivity index (χ4v) is 2.74. The van der Waals surface area contributed by atoms with Gasteiger partial charge in [0.25, 0.3) is 0 Å². The second-order valence-corrected chi connectivity index (χ2v) is 5.16. The average molecular weight is 262 g/mol. The van der Waals surface area contributed by atoms with Crippen LogP contribution in [-0.4, -0.2) is 11.9 Å². The maximum atomic E-state index is 3.51. The highest BCUT2D eigenvalue weighted by molar-refractivity contribution is 9.10. The number of nitrogens with zero attached hydrogens (tertiary/aromatic N) is 1. The molecular formula is C13H12BrN. The van der Waals surface area contributed by atoms with Crippen LogP contribution in [0.15, 0.2) is 34.8 Å². The highest BCUT2D eigenvalue weighted by Crippen LogP contribution is 2.30. The first-order valence-electron chi connectivity index (χ1n) is 5.12. The lowest BCUT2D eigenvalue weighted by Gasteiger charge is -2.05. The Bertz CT molecular complexity index is 533. The molecule has 1 aliphatic heterocycles. The Balaban J connectivity index is 2.31. The van der Waals surface area contributed by atoms with E-state index >= 15 is 0 Å². The second kappa shape index (κ2) is 3.32. The Morgan fingerprint density at radius 1 is 1.13 bits per heavy atom. The van der Waals surface area contributed by atoms with Crippen LogP contribution in [0.4, 0.5) is 0 Å². The number of fused-ring (bicyclic) bond motifs is 3. The molecule has 1 nitrogen and oxygen atoms in total. The third-order valence-corrected chi connectivity index (χ3v) is 3.55. The Morgan fingerprint density at radius 2 is 2.00 bits per heavy atom. The summed E-state index contributed by atoms with van der Waals surface area (Å²) in [5.41, 5.74) is 2.98. The number of hydrogen-bond acceptors (Lipinski definition) is 1. The normalized spacial score (nSPS) is 15.9. The van der Waals surface area contributed by atoms with Crippen LogP contribution in [0.1, 0.15) is 11.1 Å². The van der Waals surface area contributed by atoms with Crippen LogP contribution in [-0.2, 0) is 13.1 Å². The molecule has 2 aromatic rings. The standard InChI is InChI=1S/C13H12BrN/c1-15-7-10-3-2-9-6-11(14)4-5-12(9)13(10)8-15/h2-6H,7-8H2,1H3. The van der Waals surface area contributed by atoms with Gasteiger partial charge in [-0.1, -0.05) is 34.1 Å². The maximum Gasteiger partial charge on any atom is 0.0243 e. The van der Waals surface area contributed by atoms with Crippen molar-refractivity contribution in [2.45, 2.75) is 13.1 Å². The van der Waals surface area contributed by atoms with Crippen molar-refractivity contribution in [3.63, 3.8) is 0 Å². The smallest absolute Gasteiger partial charge is 0.0243 e. The molecule has 0 radical (unpaired) electrons. The van der Waals surface area contributed by atoms with E-state index in [1.54, 1.807) is 0 Å². The predicted octanol–water partition coefficient (Wildman–Crippen LogP) is 3.55. The molecule has 15 heavy (non-hydrogen) atoms. The molecule has 0 unspecified atom stereocenters. The van der Waals surface area contributed by atoms with Crippen molar-refractivity contribution in [1.82, 2.24) is 4.90 Å². The molecule has 0 amide bonds. The molecule has 0 bridgehead atoms. The first-order valence-corrected chi connectivity index (χ1v) is 5.92. The molecule has 0 spiro atoms. The lowest BCUT2D eigenvalue weighted by Crippen LogP contribution is -2.07. The summed E-state index contributed by atoms with van der Waals surface area (Å²) < 4.78 is 1.15. The largest absolute Gasteiger partial charge is 0.298 e. The van der Waals surface area contributed by atoms with Gasteiger partial charge in [0.1, 0.15) is 0 Å². The van der Waals surface area contributed by atoms with E-state index in [1.807, 2.05) is 0 Å². The van der Waals surface area contributed by atoms with Crippen molar-refractivity contribution in [2.75, 3.05) is 7.05 Å². The third-order valence-electron chi connectivity index (χ3n) is 3.06. The summed E-state index contributed by atoms with van der Waals surface area (Å²) >= 11 is 3.51. The fourth-order valence-electron chi connectivity index (χ4n) is 2.36. The molecule has 2 heteroatoms. The zero-order valence-electron chi connectivity index (χ0n) is 8.63. The van der Waals surface area contributed by atoms with E-state index in [0.29, 0.717) is 0 Å². The Hall–Kier alpha value is -0.860. The monoisotopic (exact) mass is 261 g/mol. The lowest BCUT2D eigenvalue weighted by atomic mass is 10.0. The molecule has 0 atom stereocenters. The Labute approximate surface area is 97.8 Å². The van der Waals surface area contributed by atoms with Crippen LogP contribution in [0, 0.1) is 0 Å². The zero-order chi connectivity index (χ0) is 10.4. The molecule has 0 aromatic heterocycles. The average Bonchev–Trinajstić information content (AvgIpc) is 2.58. The van der Waals surface area contributed by atoms with Gasteiger partial charge in [-0.2, -0.15) is 0 Å². The van der Waals surface area contributed by atoms with Crippen LogP contribution in [0.25, 0.3) is 10.8 Å². The molecule has 0 N–H and O–H groups in total. The minimum absolute atomic E-state index is 1.08. The van der Waals surface area contributed by atoms with Gasteiger partial charge in [0.15, 0.2) is 0 Å². The van der Waals surface area contributed by atoms with E-state index in [0.717, 1.165) is 17.6 Å². The van der Waals surface area contributed by atoms with Crippen LogP contribution in [0.5, 0.6) is 0 Å². The topological polar surface area (TPSA) is 3.24 Å². The molecule has 0 saturated heterocycles. The summed E-state index contributed by atoms with van der Waals surface area (Å²) in [6, 6.07) is 11.0. The van der Waals surface area contributed by atoms with Gasteiger partial charge in [-0.3, -0.25) is 4.90 Å². The maximum absolute atomic E-state index is 3.51. The lowest BCUT2D eigenvalue weighted by molar-refractivity contribution is 0.353. The van der Waals surface area contributed by atoms with Crippen LogP contribution in [0.2, 0.25) is 0 Å². The summed E-state index contributed by atoms with van der Waals surface area (Å²) in [4.78, 5) is 2.35. The Morgan fingerprint density at radius 3 is 2.87 bits per heavy atom. The van der Waals surface area contributed by atoms with Gasteiger partial charge in [0.05, 0.1) is 0 Å². The van der Waals surface area contributed by atoms with E-state index in [9.17, 15) is 0 Å². The minimum atomic E-state index is 1.08. The number of benzene rings is 2. The van der Waals surface area contributed by atoms with Crippen LogP contribution >= 0.6 is 15.9 Å². The van der Waals surface area contributed by atoms with Crippen molar-refractivity contribution in [3.05, 3.63) is 45.9 Å². The van der Waals surface area contributed by atoms with Gasteiger partial charge in [-0.05, 0) is 41.1 Å². The summed E-state index contributed by atoms with van der Waals surface area (Å²) in [6.07, 6.45) is 0. The van der Waals surface area contributed by atoms with Gasteiger partial charge in [0, 0.05) is 17.6 Å². The quantitative estimate of drug-likeness (QED) is 0.701. The fraction of sp³-hybridized carbons (Fsp3) is 0.231. The van der Waals surface area contributed by atoms with Gasteiger partial charge in [0.2, 0.25) is 0 Å². The van der Waals surface area contributed by atoms with Crippen molar-refractivity contribution < 1.29 is 0 Å². The number of halogens is 1. The minimum Gasteiger partial charge on any atom is -0.298 e. The first-order chi connectivity index (χ1) is 7.24. The summed E-state index contributed by atoms with van der Waals surface area (Å²) in [5, 5.41) is 2.73. The van der Waals surface area contributed by atoms with Gasteiger partial charge < -0.3 is 0 Å². The van der Waals surface area contributed by atoms with E-state index in [2.05, 4.69) is 58.2 Å². The highest BCUT2D eigenvalue weighted by atomic mass is 79.9. The van der Waals surface area contributed by atoms with Crippen LogP contribution < -0.4 is 0 Å². The molecular weight excluding hydrogens is 250 g/mol. The summed E-state index contributed by atoms with van der Waals surface area (Å²) in [6.45, 7) is 2.16.